The number of Topliss-reactive ketones (excluding diaryl/α,β-unsaturated/α-hetero) is 1. The molecule has 0 aliphatic heterocycles. The Kier molecular flexibility index (Phi) is 3.59. The van der Waals surface area contributed by atoms with E-state index in [9.17, 15) is 9.90 Å². The van der Waals surface area contributed by atoms with Crippen molar-refractivity contribution in [3.63, 3.8) is 0 Å². The van der Waals surface area contributed by atoms with E-state index in [1.165, 1.54) is 6.92 Å². The van der Waals surface area contributed by atoms with E-state index < -0.39 is 12.2 Å². The minimum absolute atomic E-state index is 0.0214. The molecule has 1 aliphatic carbocycles. The average Bonchev–Trinajstić information content (AvgIpc) is 2.51. The second kappa shape index (κ2) is 5.54. The normalized spacial score (nSPS) is 19.9. The zero-order valence-electron chi connectivity index (χ0n) is 11.7. The van der Waals surface area contributed by atoms with Crippen LogP contribution < -0.4 is 4.74 Å². The molecule has 1 N–H and O–H groups in total. The molecule has 1 aliphatic rings. The Morgan fingerprint density at radius 1 is 1.10 bits per heavy atom. The molecule has 3 heteroatoms. The third-order valence-corrected chi connectivity index (χ3v) is 3.62. The Labute approximate surface area is 123 Å². The van der Waals surface area contributed by atoms with Crippen LogP contribution in [0.3, 0.4) is 0 Å². The lowest BCUT2D eigenvalue weighted by Gasteiger charge is -2.26. The van der Waals surface area contributed by atoms with Gasteiger partial charge in [-0.2, -0.15) is 0 Å². The summed E-state index contributed by atoms with van der Waals surface area (Å²) in [7, 11) is 0. The third kappa shape index (κ3) is 2.73. The van der Waals surface area contributed by atoms with Crippen molar-refractivity contribution in [3.8, 4) is 5.75 Å². The first kappa shape index (κ1) is 13.6. The van der Waals surface area contributed by atoms with E-state index in [1.807, 2.05) is 36.4 Å². The van der Waals surface area contributed by atoms with E-state index in [-0.39, 0.29) is 5.78 Å². The molecule has 0 heterocycles. The Hall–Kier alpha value is -2.39. The van der Waals surface area contributed by atoms with Crippen molar-refractivity contribution in [1.82, 2.24) is 0 Å². The van der Waals surface area contributed by atoms with E-state index in [2.05, 4.69) is 0 Å². The molecule has 3 rings (SSSR count). The molecule has 2 aromatic carbocycles. The standard InChI is InChI=1S/C18H16O3/c1-12(19)13-6-9-15(10-7-13)21-17-11-8-14-4-2-3-5-16(14)18(17)20/h2-11,17-18,20H,1H3/t17-,18-/m0/s1. The first-order valence-electron chi connectivity index (χ1n) is 6.88. The number of carbonyl (C=O) groups excluding carboxylic acids is 1. The summed E-state index contributed by atoms with van der Waals surface area (Å²) in [4.78, 5) is 11.2. The van der Waals surface area contributed by atoms with Gasteiger partial charge in [-0.05, 0) is 48.4 Å². The van der Waals surface area contributed by atoms with Crippen molar-refractivity contribution in [2.45, 2.75) is 19.1 Å². The predicted molar refractivity (Wildman–Crippen MR) is 81.3 cm³/mol. The number of ether oxygens (including phenoxy) is 1. The van der Waals surface area contributed by atoms with Crippen LogP contribution in [0, 0.1) is 0 Å². The lowest BCUT2D eigenvalue weighted by molar-refractivity contribution is 0.0623. The summed E-state index contributed by atoms with van der Waals surface area (Å²) in [5.74, 6) is 0.654. The third-order valence-electron chi connectivity index (χ3n) is 3.62. The molecular formula is C18H16O3. The molecule has 0 unspecified atom stereocenters. The monoisotopic (exact) mass is 280 g/mol. The Morgan fingerprint density at radius 3 is 2.52 bits per heavy atom. The second-order valence-corrected chi connectivity index (χ2v) is 5.10. The molecule has 0 radical (unpaired) electrons. The molecule has 0 bridgehead atoms. The fourth-order valence-corrected chi connectivity index (χ4v) is 2.44. The van der Waals surface area contributed by atoms with Crippen molar-refractivity contribution in [2.24, 2.45) is 0 Å². The number of hydrogen-bond donors (Lipinski definition) is 1. The SMILES string of the molecule is CC(=O)c1ccc(O[C@H]2C=Cc3ccccc3[C@@H]2O)cc1. The van der Waals surface area contributed by atoms with Gasteiger partial charge >= 0.3 is 0 Å². The van der Waals surface area contributed by atoms with Gasteiger partial charge in [-0.3, -0.25) is 4.79 Å². The van der Waals surface area contributed by atoms with Gasteiger partial charge in [0.2, 0.25) is 0 Å². The van der Waals surface area contributed by atoms with Gasteiger partial charge in [-0.25, -0.2) is 0 Å². The number of fused-ring (bicyclic) bond motifs is 1. The van der Waals surface area contributed by atoms with Gasteiger partial charge in [0.15, 0.2) is 5.78 Å². The maximum absolute atomic E-state index is 11.2. The molecule has 0 fully saturated rings. The molecule has 0 saturated heterocycles. The van der Waals surface area contributed by atoms with Crippen molar-refractivity contribution in [1.29, 1.82) is 0 Å². The van der Waals surface area contributed by atoms with Crippen LogP contribution in [0.2, 0.25) is 0 Å². The Balaban J connectivity index is 1.79. The number of aliphatic hydroxyl groups is 1. The zero-order chi connectivity index (χ0) is 14.8. The molecule has 2 atom stereocenters. The lowest BCUT2D eigenvalue weighted by atomic mass is 9.93. The van der Waals surface area contributed by atoms with Gasteiger partial charge in [0.25, 0.3) is 0 Å². The number of rotatable bonds is 3. The second-order valence-electron chi connectivity index (χ2n) is 5.10. The maximum atomic E-state index is 11.2. The highest BCUT2D eigenvalue weighted by atomic mass is 16.5. The van der Waals surface area contributed by atoms with E-state index in [4.69, 9.17) is 4.74 Å². The molecule has 3 nitrogen and oxygen atoms in total. The van der Waals surface area contributed by atoms with Crippen molar-refractivity contribution in [2.75, 3.05) is 0 Å². The highest BCUT2D eigenvalue weighted by Crippen LogP contribution is 2.30. The van der Waals surface area contributed by atoms with E-state index in [1.54, 1.807) is 24.3 Å². The highest BCUT2D eigenvalue weighted by molar-refractivity contribution is 5.94. The van der Waals surface area contributed by atoms with Crippen LogP contribution in [0.1, 0.15) is 34.5 Å². The quantitative estimate of drug-likeness (QED) is 0.877. The summed E-state index contributed by atoms with van der Waals surface area (Å²) in [5.41, 5.74) is 2.52. The van der Waals surface area contributed by atoms with Gasteiger partial charge < -0.3 is 9.84 Å². The number of carbonyl (C=O) groups is 1. The van der Waals surface area contributed by atoms with Gasteiger partial charge in [-0.15, -0.1) is 0 Å². The lowest BCUT2D eigenvalue weighted by Crippen LogP contribution is -2.25. The van der Waals surface area contributed by atoms with Gasteiger partial charge in [0.1, 0.15) is 18.0 Å². The van der Waals surface area contributed by atoms with Crippen molar-refractivity contribution < 1.29 is 14.6 Å². The topological polar surface area (TPSA) is 46.5 Å². The van der Waals surface area contributed by atoms with Crippen LogP contribution in [-0.2, 0) is 0 Å². The smallest absolute Gasteiger partial charge is 0.159 e. The summed E-state index contributed by atoms with van der Waals surface area (Å²) in [6, 6.07) is 14.7. The van der Waals surface area contributed by atoms with Crippen LogP contribution in [0.25, 0.3) is 6.08 Å². The molecule has 2 aromatic rings. The van der Waals surface area contributed by atoms with Crippen LogP contribution in [0.5, 0.6) is 5.75 Å². The largest absolute Gasteiger partial charge is 0.483 e. The number of benzene rings is 2. The summed E-state index contributed by atoms with van der Waals surface area (Å²) in [5, 5.41) is 10.4. The summed E-state index contributed by atoms with van der Waals surface area (Å²) in [6.45, 7) is 1.53. The summed E-state index contributed by atoms with van der Waals surface area (Å²) in [6.07, 6.45) is 2.68. The zero-order valence-corrected chi connectivity index (χ0v) is 11.7. The molecule has 0 aromatic heterocycles. The molecule has 0 saturated carbocycles. The first-order valence-corrected chi connectivity index (χ1v) is 6.88. The average molecular weight is 280 g/mol. The van der Waals surface area contributed by atoms with Crippen molar-refractivity contribution >= 4 is 11.9 Å². The molecule has 0 amide bonds. The maximum Gasteiger partial charge on any atom is 0.159 e. The van der Waals surface area contributed by atoms with E-state index in [0.717, 1.165) is 11.1 Å². The first-order chi connectivity index (χ1) is 10.1. The van der Waals surface area contributed by atoms with E-state index in [0.29, 0.717) is 11.3 Å². The predicted octanol–water partition coefficient (Wildman–Crippen LogP) is 3.40. The summed E-state index contributed by atoms with van der Waals surface area (Å²) >= 11 is 0. The minimum atomic E-state index is -0.696. The minimum Gasteiger partial charge on any atom is -0.483 e. The van der Waals surface area contributed by atoms with Gasteiger partial charge in [0, 0.05) is 5.56 Å². The molecule has 106 valence electrons. The molecular weight excluding hydrogens is 264 g/mol. The molecule has 0 spiro atoms. The van der Waals surface area contributed by atoms with Crippen LogP contribution >= 0.6 is 0 Å². The van der Waals surface area contributed by atoms with Crippen LogP contribution in [0.15, 0.2) is 54.6 Å². The highest BCUT2D eigenvalue weighted by Gasteiger charge is 2.25. The Morgan fingerprint density at radius 2 is 1.81 bits per heavy atom. The Bertz CT molecular complexity index is 686. The van der Waals surface area contributed by atoms with Crippen LogP contribution in [0.4, 0.5) is 0 Å². The van der Waals surface area contributed by atoms with Gasteiger partial charge in [0.05, 0.1) is 0 Å². The number of hydrogen-bond acceptors (Lipinski definition) is 3. The number of ketones is 1. The fourth-order valence-electron chi connectivity index (χ4n) is 2.44. The fraction of sp³-hybridized carbons (Fsp3) is 0.167. The van der Waals surface area contributed by atoms with Gasteiger partial charge in [-0.1, -0.05) is 30.3 Å². The van der Waals surface area contributed by atoms with E-state index >= 15 is 0 Å². The van der Waals surface area contributed by atoms with Crippen LogP contribution in [-0.4, -0.2) is 17.0 Å². The summed E-state index contributed by atoms with van der Waals surface area (Å²) < 4.78 is 5.81. The molecule has 21 heavy (non-hydrogen) atoms. The number of aliphatic hydroxyl groups excluding tert-OH is 1. The van der Waals surface area contributed by atoms with Crippen molar-refractivity contribution in [3.05, 3.63) is 71.3 Å².